The van der Waals surface area contributed by atoms with Gasteiger partial charge in [0.2, 0.25) is 10.0 Å². The van der Waals surface area contributed by atoms with Gasteiger partial charge in [-0.3, -0.25) is 4.68 Å². The van der Waals surface area contributed by atoms with Gasteiger partial charge in [-0.05, 0) is 25.8 Å². The lowest BCUT2D eigenvalue weighted by molar-refractivity contribution is 0.396. The Morgan fingerprint density at radius 1 is 1.15 bits per heavy atom. The smallest absolute Gasteiger partial charge is 0.246 e. The van der Waals surface area contributed by atoms with Crippen molar-refractivity contribution in [2.24, 2.45) is 0 Å². The second kappa shape index (κ2) is 8.57. The molecule has 0 saturated carbocycles. The van der Waals surface area contributed by atoms with Gasteiger partial charge in [-0.2, -0.15) is 9.40 Å². The number of aromatic nitrogens is 2. The Labute approximate surface area is 164 Å². The quantitative estimate of drug-likeness (QED) is 0.652. The van der Waals surface area contributed by atoms with Crippen LogP contribution in [0.4, 0.5) is 0 Å². The van der Waals surface area contributed by atoms with Crippen LogP contribution in [-0.4, -0.2) is 29.0 Å². The normalized spacial score (nSPS) is 12.9. The van der Waals surface area contributed by atoms with Crippen molar-refractivity contribution in [3.05, 3.63) is 47.8 Å². The fourth-order valence-electron chi connectivity index (χ4n) is 2.89. The van der Waals surface area contributed by atoms with Crippen LogP contribution in [0.1, 0.15) is 71.7 Å². The molecule has 1 aromatic carbocycles. The molecule has 2 aromatic rings. The molecule has 0 bridgehead atoms. The summed E-state index contributed by atoms with van der Waals surface area (Å²) in [6.45, 7) is 13.0. The van der Waals surface area contributed by atoms with E-state index in [0.29, 0.717) is 23.7 Å². The van der Waals surface area contributed by atoms with Crippen molar-refractivity contribution < 1.29 is 8.42 Å². The van der Waals surface area contributed by atoms with E-state index < -0.39 is 10.0 Å². The highest BCUT2D eigenvalue weighted by atomic mass is 32.2. The van der Waals surface area contributed by atoms with Gasteiger partial charge in [0.15, 0.2) is 0 Å². The van der Waals surface area contributed by atoms with Crippen LogP contribution in [0.2, 0.25) is 0 Å². The Kier molecular flexibility index (Phi) is 6.87. The van der Waals surface area contributed by atoms with Crippen molar-refractivity contribution in [3.8, 4) is 0 Å². The van der Waals surface area contributed by atoms with Gasteiger partial charge in [-0.25, -0.2) is 8.42 Å². The minimum atomic E-state index is -3.65. The molecule has 0 aliphatic heterocycles. The molecule has 0 spiro atoms. The van der Waals surface area contributed by atoms with Crippen LogP contribution in [0, 0.1) is 0 Å². The molecule has 0 N–H and O–H groups in total. The number of nitrogens with zero attached hydrogens (tertiary/aromatic N) is 3. The Morgan fingerprint density at radius 2 is 1.78 bits per heavy atom. The first-order chi connectivity index (χ1) is 12.6. The fourth-order valence-corrected chi connectivity index (χ4v) is 4.69. The Morgan fingerprint density at radius 3 is 2.30 bits per heavy atom. The topological polar surface area (TPSA) is 55.2 Å². The summed E-state index contributed by atoms with van der Waals surface area (Å²) in [6.07, 6.45) is 3.47. The lowest BCUT2D eigenvalue weighted by Gasteiger charge is -2.24. The van der Waals surface area contributed by atoms with Crippen LogP contribution >= 0.6 is 0 Å². The summed E-state index contributed by atoms with van der Waals surface area (Å²) in [4.78, 5) is 0.329. The van der Waals surface area contributed by atoms with Gasteiger partial charge < -0.3 is 0 Å². The van der Waals surface area contributed by atoms with Crippen LogP contribution in [0.3, 0.4) is 0 Å². The molecule has 0 fully saturated rings. The van der Waals surface area contributed by atoms with Gasteiger partial charge in [-0.1, -0.05) is 64.4 Å². The minimum Gasteiger partial charge on any atom is -0.269 e. The highest BCUT2D eigenvalue weighted by Crippen LogP contribution is 2.31. The standard InChI is InChI=1S/C21H33N3O2S/c1-7-8-14-23(15-18-12-10-9-11-13-18)27(25,26)19-16-24(17(2)3)22-20(19)21(4,5)6/h9-13,16-17H,7-8,14-15H2,1-6H3. The van der Waals surface area contributed by atoms with Gasteiger partial charge in [0.1, 0.15) is 4.90 Å². The van der Waals surface area contributed by atoms with Crippen LogP contribution in [0.15, 0.2) is 41.4 Å². The Balaban J connectivity index is 2.51. The zero-order valence-electron chi connectivity index (χ0n) is 17.4. The molecule has 150 valence electrons. The zero-order valence-corrected chi connectivity index (χ0v) is 18.3. The first kappa shape index (κ1) is 21.6. The van der Waals surface area contributed by atoms with E-state index in [1.165, 1.54) is 0 Å². The SMILES string of the molecule is CCCCN(Cc1ccccc1)S(=O)(=O)c1cn(C(C)C)nc1C(C)(C)C. The molecule has 0 saturated heterocycles. The number of rotatable bonds is 8. The van der Waals surface area contributed by atoms with Gasteiger partial charge in [-0.15, -0.1) is 0 Å². The first-order valence-electron chi connectivity index (χ1n) is 9.71. The molecule has 0 atom stereocenters. The third kappa shape index (κ3) is 5.20. The molecule has 0 radical (unpaired) electrons. The molecule has 27 heavy (non-hydrogen) atoms. The number of hydrogen-bond donors (Lipinski definition) is 0. The second-order valence-electron chi connectivity index (χ2n) is 8.34. The molecule has 0 amide bonds. The molecule has 0 unspecified atom stereocenters. The van der Waals surface area contributed by atoms with E-state index in [-0.39, 0.29) is 11.5 Å². The van der Waals surface area contributed by atoms with Crippen molar-refractivity contribution in [3.63, 3.8) is 0 Å². The molecule has 1 aromatic heterocycles. The summed E-state index contributed by atoms with van der Waals surface area (Å²) >= 11 is 0. The molecule has 6 heteroatoms. The van der Waals surface area contributed by atoms with Gasteiger partial charge in [0, 0.05) is 30.7 Å². The monoisotopic (exact) mass is 391 g/mol. The van der Waals surface area contributed by atoms with Crippen molar-refractivity contribution in [1.29, 1.82) is 0 Å². The van der Waals surface area contributed by atoms with E-state index in [2.05, 4.69) is 12.0 Å². The first-order valence-corrected chi connectivity index (χ1v) is 11.1. The molecular weight excluding hydrogens is 358 g/mol. The maximum atomic E-state index is 13.6. The average molecular weight is 392 g/mol. The van der Waals surface area contributed by atoms with Crippen molar-refractivity contribution in [2.45, 2.75) is 77.3 Å². The summed E-state index contributed by atoms with van der Waals surface area (Å²) in [6, 6.07) is 9.87. The van der Waals surface area contributed by atoms with Crippen LogP contribution in [-0.2, 0) is 22.0 Å². The van der Waals surface area contributed by atoms with E-state index in [0.717, 1.165) is 18.4 Å². The average Bonchev–Trinajstić information content (AvgIpc) is 3.06. The molecule has 0 aliphatic rings. The lowest BCUT2D eigenvalue weighted by atomic mass is 9.92. The number of unbranched alkanes of at least 4 members (excludes halogenated alkanes) is 1. The van der Waals surface area contributed by atoms with Crippen molar-refractivity contribution in [2.75, 3.05) is 6.54 Å². The third-order valence-corrected chi connectivity index (χ3v) is 6.36. The predicted octanol–water partition coefficient (Wildman–Crippen LogP) is 4.75. The van der Waals surface area contributed by atoms with Gasteiger partial charge in [0.25, 0.3) is 0 Å². The fraction of sp³-hybridized carbons (Fsp3) is 0.571. The molecule has 0 aliphatic carbocycles. The summed E-state index contributed by atoms with van der Waals surface area (Å²) < 4.78 is 30.6. The number of benzene rings is 1. The molecule has 2 rings (SSSR count). The van der Waals surface area contributed by atoms with Crippen molar-refractivity contribution >= 4 is 10.0 Å². The second-order valence-corrected chi connectivity index (χ2v) is 10.2. The largest absolute Gasteiger partial charge is 0.269 e. The molecule has 1 heterocycles. The summed E-state index contributed by atoms with van der Waals surface area (Å²) in [5.41, 5.74) is 1.27. The number of hydrogen-bond acceptors (Lipinski definition) is 3. The van der Waals surface area contributed by atoms with Gasteiger partial charge >= 0.3 is 0 Å². The summed E-state index contributed by atoms with van der Waals surface area (Å²) in [5.74, 6) is 0. The van der Waals surface area contributed by atoms with Crippen LogP contribution in [0.5, 0.6) is 0 Å². The van der Waals surface area contributed by atoms with E-state index in [1.54, 1.807) is 15.2 Å². The van der Waals surface area contributed by atoms with E-state index >= 15 is 0 Å². The highest BCUT2D eigenvalue weighted by Gasteiger charge is 2.34. The van der Waals surface area contributed by atoms with E-state index in [1.807, 2.05) is 65.0 Å². The Bertz CT molecular complexity index is 834. The highest BCUT2D eigenvalue weighted by molar-refractivity contribution is 7.89. The minimum absolute atomic E-state index is 0.105. The Hall–Kier alpha value is -1.66. The van der Waals surface area contributed by atoms with E-state index in [4.69, 9.17) is 0 Å². The molecule has 5 nitrogen and oxygen atoms in total. The predicted molar refractivity (Wildman–Crippen MR) is 110 cm³/mol. The maximum Gasteiger partial charge on any atom is 0.246 e. The number of sulfonamides is 1. The third-order valence-electron chi connectivity index (χ3n) is 4.52. The van der Waals surface area contributed by atoms with Crippen LogP contribution < -0.4 is 0 Å². The summed E-state index contributed by atoms with van der Waals surface area (Å²) in [5, 5.41) is 4.63. The molecular formula is C21H33N3O2S. The summed E-state index contributed by atoms with van der Waals surface area (Å²) in [7, 11) is -3.65. The zero-order chi connectivity index (χ0) is 20.2. The van der Waals surface area contributed by atoms with Crippen molar-refractivity contribution in [1.82, 2.24) is 14.1 Å². The maximum absolute atomic E-state index is 13.6. The van der Waals surface area contributed by atoms with Gasteiger partial charge in [0.05, 0.1) is 5.69 Å². The van der Waals surface area contributed by atoms with E-state index in [9.17, 15) is 8.42 Å². The lowest BCUT2D eigenvalue weighted by Crippen LogP contribution is -2.33. The van der Waals surface area contributed by atoms with Crippen LogP contribution in [0.25, 0.3) is 0 Å².